The van der Waals surface area contributed by atoms with E-state index in [9.17, 15) is 9.59 Å². The standard InChI is InChI=1S/C23H22N6O3/c30-21-12-11-18(26-29(21)15-16-32-17-7-2-1-3-8-17)23(31)27-14-6-9-19(27)22-25-24-20-10-4-5-13-28(20)22/h1-5,7-8,10-13,19H,6,9,14-16H2/t19-/m0/s1. The number of likely N-dealkylation sites (tertiary alicyclic amines) is 1. The summed E-state index contributed by atoms with van der Waals surface area (Å²) in [5, 5.41) is 12.9. The van der Waals surface area contributed by atoms with Gasteiger partial charge in [-0.15, -0.1) is 10.2 Å². The first-order valence-corrected chi connectivity index (χ1v) is 10.6. The molecule has 0 bridgehead atoms. The zero-order valence-corrected chi connectivity index (χ0v) is 17.4. The van der Waals surface area contributed by atoms with Gasteiger partial charge in [-0.2, -0.15) is 5.10 Å². The fraction of sp³-hybridized carbons (Fsp3) is 0.261. The minimum absolute atomic E-state index is 0.191. The molecule has 1 aromatic carbocycles. The van der Waals surface area contributed by atoms with Gasteiger partial charge >= 0.3 is 0 Å². The molecular formula is C23H22N6O3. The molecule has 4 heterocycles. The van der Waals surface area contributed by atoms with Crippen LogP contribution in [0.3, 0.4) is 0 Å². The topological polar surface area (TPSA) is 94.6 Å². The molecule has 9 nitrogen and oxygen atoms in total. The number of para-hydroxylation sites is 1. The van der Waals surface area contributed by atoms with Gasteiger partial charge in [0.15, 0.2) is 11.5 Å². The van der Waals surface area contributed by atoms with E-state index in [1.807, 2.05) is 59.1 Å². The number of carbonyl (C=O) groups excluding carboxylic acids is 1. The Morgan fingerprint density at radius 2 is 1.88 bits per heavy atom. The number of amides is 1. The molecule has 0 unspecified atom stereocenters. The monoisotopic (exact) mass is 430 g/mol. The number of benzene rings is 1. The Morgan fingerprint density at radius 3 is 2.75 bits per heavy atom. The average Bonchev–Trinajstić information content (AvgIpc) is 3.47. The van der Waals surface area contributed by atoms with Crippen LogP contribution in [0, 0.1) is 0 Å². The number of hydrogen-bond donors (Lipinski definition) is 0. The molecule has 9 heteroatoms. The third-order valence-electron chi connectivity index (χ3n) is 5.55. The SMILES string of the molecule is O=C(c1ccc(=O)n(CCOc2ccccc2)n1)N1CCC[C@H]1c1nnc2ccccn12. The van der Waals surface area contributed by atoms with Crippen molar-refractivity contribution in [2.75, 3.05) is 13.2 Å². The number of hydrogen-bond acceptors (Lipinski definition) is 6. The molecule has 1 aliphatic rings. The van der Waals surface area contributed by atoms with Crippen molar-refractivity contribution in [2.45, 2.75) is 25.4 Å². The lowest BCUT2D eigenvalue weighted by Gasteiger charge is -2.23. The first-order valence-electron chi connectivity index (χ1n) is 10.6. The van der Waals surface area contributed by atoms with Crippen molar-refractivity contribution in [1.82, 2.24) is 29.3 Å². The first kappa shape index (κ1) is 19.9. The quantitative estimate of drug-likeness (QED) is 0.466. The normalized spacial score (nSPS) is 15.9. The predicted molar refractivity (Wildman–Crippen MR) is 116 cm³/mol. The summed E-state index contributed by atoms with van der Waals surface area (Å²) < 4.78 is 8.84. The van der Waals surface area contributed by atoms with Crippen molar-refractivity contribution in [1.29, 1.82) is 0 Å². The summed E-state index contributed by atoms with van der Waals surface area (Å²) in [5.41, 5.74) is 0.691. The van der Waals surface area contributed by atoms with Crippen LogP contribution in [0.2, 0.25) is 0 Å². The molecule has 1 saturated heterocycles. The van der Waals surface area contributed by atoms with Crippen LogP contribution in [0.15, 0.2) is 71.7 Å². The van der Waals surface area contributed by atoms with Crippen LogP contribution in [0.1, 0.15) is 35.2 Å². The largest absolute Gasteiger partial charge is 0.492 e. The maximum atomic E-state index is 13.3. The van der Waals surface area contributed by atoms with Crippen LogP contribution < -0.4 is 10.3 Å². The summed E-state index contributed by atoms with van der Waals surface area (Å²) in [7, 11) is 0. The fourth-order valence-electron chi connectivity index (χ4n) is 4.00. The van der Waals surface area contributed by atoms with Crippen molar-refractivity contribution >= 4 is 11.6 Å². The van der Waals surface area contributed by atoms with Gasteiger partial charge in [-0.25, -0.2) is 4.68 Å². The number of ether oxygens (including phenoxy) is 1. The van der Waals surface area contributed by atoms with Gasteiger partial charge in [0.05, 0.1) is 12.6 Å². The molecule has 32 heavy (non-hydrogen) atoms. The number of carbonyl (C=O) groups is 1. The Kier molecular flexibility index (Phi) is 5.37. The molecule has 0 N–H and O–H groups in total. The molecule has 4 aromatic rings. The first-order chi connectivity index (χ1) is 15.7. The van der Waals surface area contributed by atoms with Gasteiger partial charge in [0.2, 0.25) is 0 Å². The van der Waals surface area contributed by atoms with Crippen LogP contribution in [0.4, 0.5) is 0 Å². The van der Waals surface area contributed by atoms with Gasteiger partial charge in [0.25, 0.3) is 11.5 Å². The molecule has 3 aromatic heterocycles. The Bertz CT molecular complexity index is 1300. The van der Waals surface area contributed by atoms with Gasteiger partial charge in [-0.05, 0) is 43.2 Å². The highest BCUT2D eigenvalue weighted by Gasteiger charge is 2.34. The fourth-order valence-corrected chi connectivity index (χ4v) is 4.00. The Balaban J connectivity index is 1.34. The van der Waals surface area contributed by atoms with Crippen molar-refractivity contribution < 1.29 is 9.53 Å². The number of fused-ring (bicyclic) bond motifs is 1. The number of pyridine rings is 1. The van der Waals surface area contributed by atoms with Crippen LogP contribution in [-0.2, 0) is 6.54 Å². The van der Waals surface area contributed by atoms with E-state index in [4.69, 9.17) is 4.74 Å². The molecule has 162 valence electrons. The van der Waals surface area contributed by atoms with Crippen LogP contribution in [0.25, 0.3) is 5.65 Å². The van der Waals surface area contributed by atoms with Gasteiger partial charge in [0.1, 0.15) is 18.1 Å². The van der Waals surface area contributed by atoms with E-state index in [0.29, 0.717) is 12.3 Å². The summed E-state index contributed by atoms with van der Waals surface area (Å²) in [6.07, 6.45) is 3.56. The van der Waals surface area contributed by atoms with Crippen molar-refractivity contribution in [2.24, 2.45) is 0 Å². The van der Waals surface area contributed by atoms with Gasteiger partial charge in [0, 0.05) is 18.8 Å². The van der Waals surface area contributed by atoms with Crippen molar-refractivity contribution in [3.8, 4) is 5.75 Å². The molecule has 0 spiro atoms. The summed E-state index contributed by atoms with van der Waals surface area (Å²) in [6.45, 7) is 1.11. The Hall–Kier alpha value is -4.01. The van der Waals surface area contributed by atoms with Crippen LogP contribution in [0.5, 0.6) is 5.75 Å². The summed E-state index contributed by atoms with van der Waals surface area (Å²) in [5.74, 6) is 1.22. The third kappa shape index (κ3) is 3.84. The second kappa shape index (κ2) is 8.62. The van der Waals surface area contributed by atoms with Crippen LogP contribution >= 0.6 is 0 Å². The van der Waals surface area contributed by atoms with E-state index >= 15 is 0 Å². The molecule has 0 saturated carbocycles. The maximum absolute atomic E-state index is 13.3. The second-order valence-corrected chi connectivity index (χ2v) is 7.59. The van der Waals surface area contributed by atoms with E-state index in [2.05, 4.69) is 15.3 Å². The Labute approximate surface area is 183 Å². The van der Waals surface area contributed by atoms with Crippen molar-refractivity contribution in [3.05, 3.63) is 88.7 Å². The lowest BCUT2D eigenvalue weighted by atomic mass is 10.2. The molecule has 0 aliphatic carbocycles. The van der Waals surface area contributed by atoms with E-state index in [1.54, 1.807) is 4.90 Å². The zero-order chi connectivity index (χ0) is 21.9. The molecule has 1 aliphatic heterocycles. The second-order valence-electron chi connectivity index (χ2n) is 7.59. The van der Waals surface area contributed by atoms with Crippen molar-refractivity contribution in [3.63, 3.8) is 0 Å². The third-order valence-corrected chi connectivity index (χ3v) is 5.55. The van der Waals surface area contributed by atoms with Crippen LogP contribution in [-0.4, -0.2) is 48.3 Å². The minimum atomic E-state index is -0.278. The summed E-state index contributed by atoms with van der Waals surface area (Å²) in [6, 6.07) is 17.7. The van der Waals surface area contributed by atoms with E-state index in [1.165, 1.54) is 16.8 Å². The highest BCUT2D eigenvalue weighted by Crippen LogP contribution is 2.32. The van der Waals surface area contributed by atoms with Gasteiger partial charge < -0.3 is 9.64 Å². The smallest absolute Gasteiger partial charge is 0.274 e. The number of rotatable bonds is 6. The molecule has 0 radical (unpaired) electrons. The molecular weight excluding hydrogens is 408 g/mol. The van der Waals surface area contributed by atoms with E-state index in [-0.39, 0.29) is 36.4 Å². The average molecular weight is 430 g/mol. The summed E-state index contributed by atoms with van der Waals surface area (Å²) >= 11 is 0. The number of nitrogens with zero attached hydrogens (tertiary/aromatic N) is 6. The molecule has 1 fully saturated rings. The highest BCUT2D eigenvalue weighted by atomic mass is 16.5. The molecule has 5 rings (SSSR count). The maximum Gasteiger partial charge on any atom is 0.274 e. The molecule has 1 atom stereocenters. The lowest BCUT2D eigenvalue weighted by Crippen LogP contribution is -2.34. The lowest BCUT2D eigenvalue weighted by molar-refractivity contribution is 0.0720. The zero-order valence-electron chi connectivity index (χ0n) is 17.4. The van der Waals surface area contributed by atoms with Gasteiger partial charge in [-0.1, -0.05) is 24.3 Å². The van der Waals surface area contributed by atoms with Gasteiger partial charge in [-0.3, -0.25) is 14.0 Å². The predicted octanol–water partition coefficient (Wildman–Crippen LogP) is 2.34. The number of aromatic nitrogens is 5. The highest BCUT2D eigenvalue weighted by molar-refractivity contribution is 5.92. The molecule has 1 amide bonds. The Morgan fingerprint density at radius 1 is 1.03 bits per heavy atom. The van der Waals surface area contributed by atoms with E-state index < -0.39 is 0 Å². The summed E-state index contributed by atoms with van der Waals surface area (Å²) in [4.78, 5) is 27.3. The van der Waals surface area contributed by atoms with E-state index in [0.717, 1.165) is 24.3 Å². The minimum Gasteiger partial charge on any atom is -0.492 e.